The van der Waals surface area contributed by atoms with Gasteiger partial charge in [0.1, 0.15) is 17.1 Å². The lowest BCUT2D eigenvalue weighted by Crippen LogP contribution is -2.04. The summed E-state index contributed by atoms with van der Waals surface area (Å²) in [7, 11) is 0. The smallest absolute Gasteiger partial charge is 0.313 e. The predicted molar refractivity (Wildman–Crippen MR) is 278 cm³/mol. The van der Waals surface area contributed by atoms with E-state index < -0.39 is 6.08 Å². The SMILES string of the molecule is Cc1cc(C)c(Oc2nc(F)nc3c2ccn3Cc2ccccc2)c(C)c1.Cc1cc(C)c(Oc2nc(Nc3ccc(C#N)cc3)nc3c2ccn3Cc2ccccc2)c(C)c1.Cc1ccc(C#N)cc1. The number of hydrogen-bond acceptors (Lipinski definition) is 9. The summed E-state index contributed by atoms with van der Waals surface area (Å²) >= 11 is 0. The molecule has 10 aromatic rings. The third-order valence-corrected chi connectivity index (χ3v) is 11.6. The van der Waals surface area contributed by atoms with Gasteiger partial charge in [-0.05, 0) is 130 Å². The van der Waals surface area contributed by atoms with Gasteiger partial charge in [0.15, 0.2) is 5.65 Å². The lowest BCUT2D eigenvalue weighted by Gasteiger charge is -2.14. The van der Waals surface area contributed by atoms with Crippen molar-refractivity contribution in [2.24, 2.45) is 0 Å². The van der Waals surface area contributed by atoms with E-state index in [0.717, 1.165) is 61.4 Å². The van der Waals surface area contributed by atoms with Crippen molar-refractivity contribution in [2.75, 3.05) is 5.32 Å². The highest BCUT2D eigenvalue weighted by molar-refractivity contribution is 5.84. The molecule has 0 saturated carbocycles. The van der Waals surface area contributed by atoms with E-state index in [-0.39, 0.29) is 5.88 Å². The van der Waals surface area contributed by atoms with E-state index in [1.807, 2.05) is 168 Å². The van der Waals surface area contributed by atoms with Gasteiger partial charge in [0.05, 0.1) is 34.0 Å². The summed E-state index contributed by atoms with van der Waals surface area (Å²) in [5.41, 5.74) is 13.3. The van der Waals surface area contributed by atoms with Crippen LogP contribution in [0, 0.1) is 77.2 Å². The largest absolute Gasteiger partial charge is 0.438 e. The molecule has 0 radical (unpaired) electrons. The highest BCUT2D eigenvalue weighted by Gasteiger charge is 2.18. The number of benzene rings is 6. The van der Waals surface area contributed by atoms with Crippen LogP contribution in [0.25, 0.3) is 22.1 Å². The second-order valence-corrected chi connectivity index (χ2v) is 17.4. The average Bonchev–Trinajstić information content (AvgIpc) is 3.96. The van der Waals surface area contributed by atoms with Crippen LogP contribution >= 0.6 is 0 Å². The number of aromatic nitrogens is 6. The number of nitrogens with one attached hydrogen (secondary N) is 1. The zero-order chi connectivity index (χ0) is 50.0. The Morgan fingerprint density at radius 1 is 0.493 bits per heavy atom. The van der Waals surface area contributed by atoms with Crippen LogP contribution < -0.4 is 14.8 Å². The van der Waals surface area contributed by atoms with Crippen LogP contribution in [0.3, 0.4) is 0 Å². The van der Waals surface area contributed by atoms with Crippen LogP contribution in [0.1, 0.15) is 61.2 Å². The summed E-state index contributed by atoms with van der Waals surface area (Å²) in [6, 6.07) is 51.3. The van der Waals surface area contributed by atoms with Crippen LogP contribution in [-0.4, -0.2) is 29.1 Å². The van der Waals surface area contributed by atoms with Gasteiger partial charge < -0.3 is 23.9 Å². The van der Waals surface area contributed by atoms with Gasteiger partial charge in [0.2, 0.25) is 17.7 Å². The van der Waals surface area contributed by atoms with Crippen molar-refractivity contribution in [2.45, 2.75) is 61.6 Å². The first-order valence-corrected chi connectivity index (χ1v) is 23.1. The minimum Gasteiger partial charge on any atom is -0.438 e. The fourth-order valence-corrected chi connectivity index (χ4v) is 8.31. The maximum atomic E-state index is 14.1. The highest BCUT2D eigenvalue weighted by atomic mass is 19.1. The Bertz CT molecular complexity index is 3510. The number of ether oxygens (including phenoxy) is 2. The third kappa shape index (κ3) is 11.9. The lowest BCUT2D eigenvalue weighted by atomic mass is 10.1. The Morgan fingerprint density at radius 2 is 0.915 bits per heavy atom. The molecule has 0 spiro atoms. The molecule has 4 heterocycles. The number of nitrogens with zero attached hydrogens (tertiary/aromatic N) is 8. The van der Waals surface area contributed by atoms with Crippen LogP contribution in [-0.2, 0) is 13.1 Å². The quantitative estimate of drug-likeness (QED) is 0.133. The maximum Gasteiger partial charge on any atom is 0.313 e. The first-order valence-electron chi connectivity index (χ1n) is 23.1. The molecule has 0 atom stereocenters. The van der Waals surface area contributed by atoms with Crippen molar-refractivity contribution in [1.82, 2.24) is 29.1 Å². The molecule has 6 aromatic carbocycles. The minimum absolute atomic E-state index is 0.236. The van der Waals surface area contributed by atoms with Crippen molar-refractivity contribution >= 4 is 33.7 Å². The first-order chi connectivity index (χ1) is 34.3. The standard InChI is InChI=1S/C29H25N5O.C22H20FN3O.C8H7N/c1-19-15-20(2)26(21(3)16-19)35-28-25-13-14-34(18-23-7-5-4-6-8-23)27(25)32-29(33-28)31-24-11-9-22(17-30)10-12-24;1-14-11-15(2)19(16(3)12-14)27-21-18-9-10-26(20(18)24-22(23)25-21)13-17-7-5-4-6-8-17;1-7-2-4-8(6-9)5-3-7/h4-16H,18H2,1-3H3,(H,31,32,33);4-12H,13H2,1-3H3;2-5H,1H3. The Balaban J connectivity index is 0.000000166. The number of rotatable bonds is 10. The number of hydrogen-bond donors (Lipinski definition) is 1. The van der Waals surface area contributed by atoms with E-state index in [4.69, 9.17) is 30.0 Å². The summed E-state index contributed by atoms with van der Waals surface area (Å²) in [6.45, 7) is 15.4. The van der Waals surface area contributed by atoms with E-state index >= 15 is 0 Å². The van der Waals surface area contributed by atoms with Crippen molar-refractivity contribution in [1.29, 1.82) is 10.5 Å². The fraction of sp³-hybridized carbons (Fsp3) is 0.153. The molecule has 1 N–H and O–H groups in total. The molecule has 0 unspecified atom stereocenters. The number of nitriles is 2. The summed E-state index contributed by atoms with van der Waals surface area (Å²) < 4.78 is 30.6. The summed E-state index contributed by atoms with van der Waals surface area (Å²) in [4.78, 5) is 17.5. The van der Waals surface area contributed by atoms with Gasteiger partial charge in [-0.1, -0.05) is 114 Å². The van der Waals surface area contributed by atoms with Crippen molar-refractivity contribution in [3.05, 3.63) is 225 Å². The van der Waals surface area contributed by atoms with Gasteiger partial charge in [0, 0.05) is 31.2 Å². The van der Waals surface area contributed by atoms with E-state index in [1.165, 1.54) is 16.7 Å². The van der Waals surface area contributed by atoms with Crippen LogP contribution in [0.4, 0.5) is 16.0 Å². The molecule has 4 aromatic heterocycles. The molecular weight excluding hydrogens is 886 g/mol. The van der Waals surface area contributed by atoms with Gasteiger partial charge in [-0.2, -0.15) is 34.9 Å². The van der Waals surface area contributed by atoms with Gasteiger partial charge in [-0.3, -0.25) is 0 Å². The van der Waals surface area contributed by atoms with E-state index in [2.05, 4.69) is 63.2 Å². The molecule has 0 fully saturated rings. The fourth-order valence-electron chi connectivity index (χ4n) is 8.31. The normalized spacial score (nSPS) is 10.6. The summed E-state index contributed by atoms with van der Waals surface area (Å²) in [5.74, 6) is 2.66. The van der Waals surface area contributed by atoms with Crippen molar-refractivity contribution in [3.63, 3.8) is 0 Å². The second-order valence-electron chi connectivity index (χ2n) is 17.4. The average molecular weight is 938 g/mol. The molecule has 0 aliphatic carbocycles. The monoisotopic (exact) mass is 937 g/mol. The molecule has 71 heavy (non-hydrogen) atoms. The van der Waals surface area contributed by atoms with Gasteiger partial charge >= 0.3 is 6.08 Å². The van der Waals surface area contributed by atoms with Crippen molar-refractivity contribution in [3.8, 4) is 35.4 Å². The molecule has 0 amide bonds. The molecule has 352 valence electrons. The molecule has 10 rings (SSSR count). The Morgan fingerprint density at radius 3 is 1.37 bits per heavy atom. The number of aryl methyl sites for hydroxylation is 7. The molecule has 0 aliphatic heterocycles. The summed E-state index contributed by atoms with van der Waals surface area (Å²) in [5, 5.41) is 22.3. The van der Waals surface area contributed by atoms with Gasteiger partial charge in [0.25, 0.3) is 0 Å². The number of anilines is 2. The number of fused-ring (bicyclic) bond motifs is 2. The third-order valence-electron chi connectivity index (χ3n) is 11.6. The number of halogens is 1. The predicted octanol–water partition coefficient (Wildman–Crippen LogP) is 14.0. The Kier molecular flexibility index (Phi) is 14.9. The molecule has 0 bridgehead atoms. The van der Waals surface area contributed by atoms with Crippen molar-refractivity contribution < 1.29 is 13.9 Å². The molecule has 12 heteroatoms. The zero-order valence-electron chi connectivity index (χ0n) is 40.7. The molecular formula is C59H52FN9O2. The minimum atomic E-state index is -0.798. The van der Waals surface area contributed by atoms with Gasteiger partial charge in [-0.25, -0.2) is 0 Å². The molecule has 11 nitrogen and oxygen atoms in total. The lowest BCUT2D eigenvalue weighted by molar-refractivity contribution is 0.437. The van der Waals surface area contributed by atoms with Crippen LogP contribution in [0.5, 0.6) is 23.3 Å². The topological polar surface area (TPSA) is 139 Å². The molecule has 0 aliphatic rings. The van der Waals surface area contributed by atoms with E-state index in [9.17, 15) is 4.39 Å². The van der Waals surface area contributed by atoms with E-state index in [1.54, 1.807) is 12.1 Å². The Hall–Kier alpha value is -9.13. The first kappa shape index (κ1) is 48.3. The van der Waals surface area contributed by atoms with E-state index in [0.29, 0.717) is 47.3 Å². The maximum absolute atomic E-state index is 14.1. The van der Waals surface area contributed by atoms with Crippen LogP contribution in [0.15, 0.2) is 158 Å². The molecule has 0 saturated heterocycles. The second kappa shape index (κ2) is 21.9. The highest BCUT2D eigenvalue weighted by Crippen LogP contribution is 2.36. The van der Waals surface area contributed by atoms with Crippen LogP contribution in [0.2, 0.25) is 0 Å². The zero-order valence-corrected chi connectivity index (χ0v) is 40.7. The Labute approximate surface area is 413 Å². The summed E-state index contributed by atoms with van der Waals surface area (Å²) in [6.07, 6.45) is 3.10. The van der Waals surface area contributed by atoms with Gasteiger partial charge in [-0.15, -0.1) is 0 Å².